The molecule has 7 heteroatoms. The average molecular weight is 474 g/mol. The Morgan fingerprint density at radius 1 is 1.38 bits per heavy atom. The molecular weight excluding hydrogens is 453 g/mol. The standard InChI is InChI=1S/C22H21BrFN3OS/c1-2-10-27-12-16-13-29-21(25-20(28)15-6-4-3-5-7-15)26-22(16,14-27)18-11-17(23)8-9-19(18)24/h2-9,11,16H,1,10,12-14H2,(H,25,26,28). The molecule has 0 spiro atoms. The Balaban J connectivity index is 1.72. The molecule has 2 aromatic rings. The van der Waals surface area contributed by atoms with Crippen molar-refractivity contribution in [3.05, 3.63) is 82.6 Å². The third-order valence-electron chi connectivity index (χ3n) is 5.38. The van der Waals surface area contributed by atoms with Gasteiger partial charge in [-0.15, -0.1) is 6.58 Å². The first-order valence-electron chi connectivity index (χ1n) is 9.39. The fourth-order valence-corrected chi connectivity index (χ4v) is 5.54. The van der Waals surface area contributed by atoms with E-state index < -0.39 is 5.54 Å². The predicted molar refractivity (Wildman–Crippen MR) is 120 cm³/mol. The molecule has 0 bridgehead atoms. The van der Waals surface area contributed by atoms with Crippen molar-refractivity contribution in [2.45, 2.75) is 5.54 Å². The predicted octanol–water partition coefficient (Wildman–Crippen LogP) is 4.43. The Hall–Kier alpha value is -1.96. The Kier molecular flexibility index (Phi) is 5.90. The van der Waals surface area contributed by atoms with Gasteiger partial charge in [0.1, 0.15) is 11.4 Å². The number of nitrogens with zero attached hydrogens (tertiary/aromatic N) is 2. The molecule has 29 heavy (non-hydrogen) atoms. The number of carbonyl (C=O) groups is 1. The monoisotopic (exact) mass is 473 g/mol. The summed E-state index contributed by atoms with van der Waals surface area (Å²) in [6.45, 7) is 5.96. The second kappa shape index (κ2) is 8.42. The topological polar surface area (TPSA) is 44.7 Å². The van der Waals surface area contributed by atoms with Crippen molar-refractivity contribution in [2.24, 2.45) is 10.9 Å². The molecule has 4 nitrogen and oxygen atoms in total. The number of thioether (sulfide) groups is 1. The summed E-state index contributed by atoms with van der Waals surface area (Å²) < 4.78 is 15.7. The van der Waals surface area contributed by atoms with Crippen LogP contribution >= 0.6 is 27.7 Å². The lowest BCUT2D eigenvalue weighted by molar-refractivity contribution is 0.0977. The van der Waals surface area contributed by atoms with Crippen LogP contribution in [0, 0.1) is 11.7 Å². The molecule has 1 fully saturated rings. The lowest BCUT2D eigenvalue weighted by Crippen LogP contribution is -2.43. The van der Waals surface area contributed by atoms with Crippen LogP contribution in [0.2, 0.25) is 0 Å². The SMILES string of the molecule is C=CCN1CC2CSC(NC(=O)c3ccccc3)=NC2(c2cc(Br)ccc2F)C1. The first-order valence-corrected chi connectivity index (χ1v) is 11.2. The number of carbonyl (C=O) groups excluding carboxylic acids is 1. The fraction of sp³-hybridized carbons (Fsp3) is 0.273. The summed E-state index contributed by atoms with van der Waals surface area (Å²) in [5.41, 5.74) is 0.400. The maximum absolute atomic E-state index is 14.9. The summed E-state index contributed by atoms with van der Waals surface area (Å²) in [6.07, 6.45) is 1.86. The molecule has 0 radical (unpaired) electrons. The van der Waals surface area contributed by atoms with Crippen LogP contribution < -0.4 is 5.32 Å². The molecule has 0 aromatic heterocycles. The van der Waals surface area contributed by atoms with E-state index in [0.717, 1.165) is 23.3 Å². The van der Waals surface area contributed by atoms with Crippen molar-refractivity contribution in [3.8, 4) is 0 Å². The molecule has 2 atom stereocenters. The van der Waals surface area contributed by atoms with Gasteiger partial charge in [0.2, 0.25) is 0 Å². The molecular formula is C22H21BrFN3OS. The molecule has 2 aliphatic heterocycles. The maximum atomic E-state index is 14.9. The van der Waals surface area contributed by atoms with Crippen LogP contribution in [0.25, 0.3) is 0 Å². The van der Waals surface area contributed by atoms with Gasteiger partial charge in [-0.1, -0.05) is 52.0 Å². The quantitative estimate of drug-likeness (QED) is 0.667. The number of aliphatic imine (C=N–C) groups is 1. The number of nitrogens with one attached hydrogen (secondary N) is 1. The summed E-state index contributed by atoms with van der Waals surface area (Å²) >= 11 is 4.99. The van der Waals surface area contributed by atoms with E-state index in [1.54, 1.807) is 18.2 Å². The molecule has 0 aliphatic carbocycles. The van der Waals surface area contributed by atoms with Crippen molar-refractivity contribution in [1.29, 1.82) is 0 Å². The second-order valence-corrected chi connectivity index (χ2v) is 9.20. The minimum atomic E-state index is -0.735. The van der Waals surface area contributed by atoms with E-state index in [2.05, 4.69) is 32.7 Å². The first-order chi connectivity index (χ1) is 14.0. The van der Waals surface area contributed by atoms with Crippen LogP contribution in [-0.2, 0) is 5.54 Å². The molecule has 2 aromatic carbocycles. The summed E-state index contributed by atoms with van der Waals surface area (Å²) in [7, 11) is 0. The number of benzene rings is 2. The minimum Gasteiger partial charge on any atom is -0.301 e. The van der Waals surface area contributed by atoms with Gasteiger partial charge in [0, 0.05) is 46.9 Å². The third-order valence-corrected chi connectivity index (χ3v) is 6.91. The van der Waals surface area contributed by atoms with Gasteiger partial charge >= 0.3 is 0 Å². The largest absolute Gasteiger partial charge is 0.301 e. The van der Waals surface area contributed by atoms with Crippen molar-refractivity contribution in [1.82, 2.24) is 10.2 Å². The highest BCUT2D eigenvalue weighted by Gasteiger charge is 2.51. The van der Waals surface area contributed by atoms with Gasteiger partial charge in [0.25, 0.3) is 5.91 Å². The van der Waals surface area contributed by atoms with Crippen molar-refractivity contribution in [2.75, 3.05) is 25.4 Å². The van der Waals surface area contributed by atoms with E-state index in [-0.39, 0.29) is 17.6 Å². The molecule has 2 heterocycles. The van der Waals surface area contributed by atoms with Gasteiger partial charge in [-0.2, -0.15) is 0 Å². The zero-order valence-corrected chi connectivity index (χ0v) is 18.2. The van der Waals surface area contributed by atoms with E-state index in [4.69, 9.17) is 4.99 Å². The van der Waals surface area contributed by atoms with E-state index in [9.17, 15) is 9.18 Å². The highest BCUT2D eigenvalue weighted by molar-refractivity contribution is 9.10. The number of hydrogen-bond acceptors (Lipinski definition) is 4. The Labute approximate surface area is 182 Å². The second-order valence-electron chi connectivity index (χ2n) is 7.28. The lowest BCUT2D eigenvalue weighted by atomic mass is 9.81. The molecule has 1 saturated heterocycles. The van der Waals surface area contributed by atoms with Gasteiger partial charge in [-0.25, -0.2) is 9.38 Å². The summed E-state index contributed by atoms with van der Waals surface area (Å²) in [5.74, 6) is 0.422. The molecule has 150 valence electrons. The highest BCUT2D eigenvalue weighted by Crippen LogP contribution is 2.46. The van der Waals surface area contributed by atoms with E-state index >= 15 is 0 Å². The molecule has 1 N–H and O–H groups in total. The normalized spacial score (nSPS) is 23.9. The number of hydrogen-bond donors (Lipinski definition) is 1. The number of likely N-dealkylation sites (tertiary alicyclic amines) is 1. The van der Waals surface area contributed by atoms with Crippen LogP contribution in [-0.4, -0.2) is 41.4 Å². The molecule has 4 rings (SSSR count). The third kappa shape index (κ3) is 4.04. The zero-order chi connectivity index (χ0) is 20.4. The minimum absolute atomic E-state index is 0.147. The van der Waals surface area contributed by atoms with E-state index in [1.165, 1.54) is 17.8 Å². The molecule has 2 aliphatic rings. The Morgan fingerprint density at radius 2 is 2.17 bits per heavy atom. The number of halogens is 2. The van der Waals surface area contributed by atoms with Gasteiger partial charge in [-0.05, 0) is 30.3 Å². The Morgan fingerprint density at radius 3 is 2.93 bits per heavy atom. The fourth-order valence-electron chi connectivity index (χ4n) is 4.05. The summed E-state index contributed by atoms with van der Waals surface area (Å²) in [6, 6.07) is 14.0. The van der Waals surface area contributed by atoms with Crippen LogP contribution in [0.4, 0.5) is 4.39 Å². The van der Waals surface area contributed by atoms with Crippen LogP contribution in [0.1, 0.15) is 15.9 Å². The number of fused-ring (bicyclic) bond motifs is 1. The van der Waals surface area contributed by atoms with Gasteiger partial charge < -0.3 is 5.32 Å². The van der Waals surface area contributed by atoms with Crippen molar-refractivity contribution < 1.29 is 9.18 Å². The number of rotatable bonds is 4. The van der Waals surface area contributed by atoms with Gasteiger partial charge in [0.15, 0.2) is 5.17 Å². The van der Waals surface area contributed by atoms with Crippen molar-refractivity contribution in [3.63, 3.8) is 0 Å². The van der Waals surface area contributed by atoms with Crippen LogP contribution in [0.3, 0.4) is 0 Å². The lowest BCUT2D eigenvalue weighted by Gasteiger charge is -2.36. The van der Waals surface area contributed by atoms with Crippen LogP contribution in [0.5, 0.6) is 0 Å². The van der Waals surface area contributed by atoms with Crippen molar-refractivity contribution >= 4 is 38.8 Å². The molecule has 1 amide bonds. The Bertz CT molecular complexity index is 968. The molecule has 2 unspecified atom stereocenters. The van der Waals surface area contributed by atoms with Crippen LogP contribution in [0.15, 0.2) is 70.7 Å². The first kappa shape index (κ1) is 20.3. The average Bonchev–Trinajstić information content (AvgIpc) is 3.09. The zero-order valence-electron chi connectivity index (χ0n) is 15.8. The number of amides is 1. The number of amidine groups is 1. The summed E-state index contributed by atoms with van der Waals surface area (Å²) in [5, 5.41) is 3.46. The summed E-state index contributed by atoms with van der Waals surface area (Å²) in [4.78, 5) is 19.8. The van der Waals surface area contributed by atoms with E-state index in [1.807, 2.05) is 30.3 Å². The maximum Gasteiger partial charge on any atom is 0.257 e. The highest BCUT2D eigenvalue weighted by atomic mass is 79.9. The van der Waals surface area contributed by atoms with Gasteiger partial charge in [-0.3, -0.25) is 9.69 Å². The van der Waals surface area contributed by atoms with E-state index in [0.29, 0.717) is 22.8 Å². The van der Waals surface area contributed by atoms with Gasteiger partial charge in [0.05, 0.1) is 0 Å². The molecule has 0 saturated carbocycles. The smallest absolute Gasteiger partial charge is 0.257 e.